The van der Waals surface area contributed by atoms with Crippen molar-refractivity contribution < 1.29 is 29.3 Å². The van der Waals surface area contributed by atoms with Crippen molar-refractivity contribution in [3.05, 3.63) is 57.6 Å². The molecule has 3 rings (SSSR count). The summed E-state index contributed by atoms with van der Waals surface area (Å²) in [7, 11) is 1.62. The predicted octanol–water partition coefficient (Wildman–Crippen LogP) is 3.79. The first kappa shape index (κ1) is 26.7. The summed E-state index contributed by atoms with van der Waals surface area (Å²) in [5.41, 5.74) is 2.11. The van der Waals surface area contributed by atoms with E-state index in [1.165, 1.54) is 17.9 Å². The SMILES string of the molecule is CCOc1cc2c(cc1C(=O)O)C(=N)N(CC(=O)c1cc(CN(C)C(C)=O)c(O)c(C(C)(C)C)c1)C2. The number of ketones is 1. The Balaban J connectivity index is 1.93. The van der Waals surface area contributed by atoms with Crippen molar-refractivity contribution in [1.82, 2.24) is 9.80 Å². The molecule has 2 aromatic rings. The van der Waals surface area contributed by atoms with Crippen LogP contribution in [0.4, 0.5) is 0 Å². The maximum absolute atomic E-state index is 13.4. The van der Waals surface area contributed by atoms with Gasteiger partial charge < -0.3 is 24.7 Å². The number of carboxylic acids is 1. The zero-order valence-electron chi connectivity index (χ0n) is 21.6. The van der Waals surface area contributed by atoms with Crippen LogP contribution in [0.15, 0.2) is 24.3 Å². The van der Waals surface area contributed by atoms with E-state index in [-0.39, 0.29) is 54.2 Å². The number of Topliss-reactive ketones (excluding diaryl/α,β-unsaturated/α-hetero) is 1. The molecular formula is C27H33N3O6. The van der Waals surface area contributed by atoms with E-state index < -0.39 is 11.4 Å². The van der Waals surface area contributed by atoms with Crippen LogP contribution in [-0.2, 0) is 23.3 Å². The van der Waals surface area contributed by atoms with Gasteiger partial charge in [-0.2, -0.15) is 0 Å². The normalized spacial score (nSPS) is 12.9. The molecule has 0 saturated carbocycles. The second-order valence-electron chi connectivity index (χ2n) is 10.0. The van der Waals surface area contributed by atoms with E-state index in [0.29, 0.717) is 34.4 Å². The third kappa shape index (κ3) is 5.35. The number of ether oxygens (including phenoxy) is 1. The van der Waals surface area contributed by atoms with Gasteiger partial charge in [0.1, 0.15) is 22.9 Å². The van der Waals surface area contributed by atoms with Crippen molar-refractivity contribution in [3.63, 3.8) is 0 Å². The van der Waals surface area contributed by atoms with Gasteiger partial charge in [-0.3, -0.25) is 15.0 Å². The molecule has 9 heteroatoms. The zero-order chi connectivity index (χ0) is 26.9. The molecule has 0 saturated heterocycles. The van der Waals surface area contributed by atoms with Crippen LogP contribution < -0.4 is 4.74 Å². The molecule has 1 amide bonds. The number of nitrogens with zero attached hydrogens (tertiary/aromatic N) is 2. The number of hydrogen-bond donors (Lipinski definition) is 3. The van der Waals surface area contributed by atoms with Gasteiger partial charge in [-0.15, -0.1) is 0 Å². The Bertz CT molecular complexity index is 1250. The highest BCUT2D eigenvalue weighted by Crippen LogP contribution is 2.36. The van der Waals surface area contributed by atoms with Crippen molar-refractivity contribution in [1.29, 1.82) is 5.41 Å². The highest BCUT2D eigenvalue weighted by atomic mass is 16.5. The second-order valence-corrected chi connectivity index (χ2v) is 10.0. The third-order valence-corrected chi connectivity index (χ3v) is 6.27. The van der Waals surface area contributed by atoms with Gasteiger partial charge in [-0.05, 0) is 42.2 Å². The highest BCUT2D eigenvalue weighted by Gasteiger charge is 2.30. The van der Waals surface area contributed by atoms with Crippen LogP contribution in [0, 0.1) is 5.41 Å². The lowest BCUT2D eigenvalue weighted by Crippen LogP contribution is -2.30. The van der Waals surface area contributed by atoms with E-state index >= 15 is 0 Å². The van der Waals surface area contributed by atoms with Gasteiger partial charge >= 0.3 is 5.97 Å². The summed E-state index contributed by atoms with van der Waals surface area (Å²) < 4.78 is 5.47. The smallest absolute Gasteiger partial charge is 0.339 e. The van der Waals surface area contributed by atoms with Crippen LogP contribution in [0.3, 0.4) is 0 Å². The van der Waals surface area contributed by atoms with Crippen LogP contribution in [-0.4, -0.2) is 63.7 Å². The minimum atomic E-state index is -1.15. The Morgan fingerprint density at radius 1 is 1.17 bits per heavy atom. The van der Waals surface area contributed by atoms with Crippen LogP contribution in [0.25, 0.3) is 0 Å². The van der Waals surface area contributed by atoms with Gasteiger partial charge in [0.2, 0.25) is 5.91 Å². The highest BCUT2D eigenvalue weighted by molar-refractivity contribution is 6.07. The molecule has 0 radical (unpaired) electrons. The molecule has 0 fully saturated rings. The Labute approximate surface area is 210 Å². The number of hydrogen-bond acceptors (Lipinski definition) is 6. The first-order valence-electron chi connectivity index (χ1n) is 11.7. The van der Waals surface area contributed by atoms with Gasteiger partial charge in [0.15, 0.2) is 5.78 Å². The molecule has 0 aromatic heterocycles. The topological polar surface area (TPSA) is 131 Å². The first-order valence-corrected chi connectivity index (χ1v) is 11.7. The van der Waals surface area contributed by atoms with Gasteiger partial charge in [0.05, 0.1) is 13.2 Å². The number of benzene rings is 2. The molecule has 0 unspecified atom stereocenters. The molecule has 1 aliphatic rings. The standard InChI is InChI=1S/C27H33N3O6/c1-7-36-23-10-17-13-30(25(28)19(17)11-20(23)26(34)35)14-22(32)16-8-18(12-29(6)15(2)31)24(33)21(9-16)27(3,4)5/h8-11,28,33H,7,12-14H2,1-6H3,(H,34,35). The van der Waals surface area contributed by atoms with E-state index in [2.05, 4.69) is 0 Å². The fraction of sp³-hybridized carbons (Fsp3) is 0.407. The van der Waals surface area contributed by atoms with Crippen LogP contribution in [0.5, 0.6) is 11.5 Å². The molecule has 0 aliphatic carbocycles. The number of fused-ring (bicyclic) bond motifs is 1. The number of carbonyl (C=O) groups is 3. The molecule has 0 bridgehead atoms. The molecule has 3 N–H and O–H groups in total. The zero-order valence-corrected chi connectivity index (χ0v) is 21.6. The minimum Gasteiger partial charge on any atom is -0.507 e. The summed E-state index contributed by atoms with van der Waals surface area (Å²) in [4.78, 5) is 39.9. The fourth-order valence-corrected chi connectivity index (χ4v) is 4.18. The second kappa shape index (κ2) is 10.0. The molecule has 36 heavy (non-hydrogen) atoms. The van der Waals surface area contributed by atoms with Gasteiger partial charge in [-0.1, -0.05) is 20.8 Å². The summed E-state index contributed by atoms with van der Waals surface area (Å²) in [5, 5.41) is 29.0. The van der Waals surface area contributed by atoms with Gasteiger partial charge in [0.25, 0.3) is 0 Å². The molecule has 0 spiro atoms. The Morgan fingerprint density at radius 2 is 1.83 bits per heavy atom. The number of carboxylic acid groups (broad SMARTS) is 1. The largest absolute Gasteiger partial charge is 0.507 e. The molecular weight excluding hydrogens is 462 g/mol. The summed E-state index contributed by atoms with van der Waals surface area (Å²) in [6.07, 6.45) is 0. The third-order valence-electron chi connectivity index (χ3n) is 6.27. The molecule has 2 aromatic carbocycles. The van der Waals surface area contributed by atoms with Gasteiger partial charge in [-0.25, -0.2) is 4.79 Å². The number of amidine groups is 1. The number of nitrogens with one attached hydrogen (secondary N) is 1. The number of aromatic hydroxyl groups is 1. The summed E-state index contributed by atoms with van der Waals surface area (Å²) in [6, 6.07) is 6.30. The number of phenols is 1. The number of amides is 1. The summed E-state index contributed by atoms with van der Waals surface area (Å²) in [6.45, 7) is 9.59. The number of phenolic OH excluding ortho intramolecular Hbond substituents is 1. The van der Waals surface area contributed by atoms with Crippen molar-refractivity contribution >= 4 is 23.5 Å². The maximum atomic E-state index is 13.4. The van der Waals surface area contributed by atoms with E-state index in [4.69, 9.17) is 10.1 Å². The van der Waals surface area contributed by atoms with Crippen molar-refractivity contribution in [2.24, 2.45) is 0 Å². The molecule has 0 atom stereocenters. The lowest BCUT2D eigenvalue weighted by atomic mass is 9.83. The Hall–Kier alpha value is -3.88. The molecule has 192 valence electrons. The average molecular weight is 496 g/mol. The molecule has 1 aliphatic heterocycles. The fourth-order valence-electron chi connectivity index (χ4n) is 4.18. The van der Waals surface area contributed by atoms with E-state index in [1.807, 2.05) is 20.8 Å². The molecule has 1 heterocycles. The molecule has 9 nitrogen and oxygen atoms in total. The number of rotatable bonds is 8. The van der Waals surface area contributed by atoms with Gasteiger partial charge in [0, 0.05) is 49.3 Å². The first-order chi connectivity index (χ1) is 16.7. The van der Waals surface area contributed by atoms with E-state index in [9.17, 15) is 24.6 Å². The lowest BCUT2D eigenvalue weighted by molar-refractivity contribution is -0.128. The maximum Gasteiger partial charge on any atom is 0.339 e. The van der Waals surface area contributed by atoms with E-state index in [0.717, 1.165) is 0 Å². The van der Waals surface area contributed by atoms with E-state index in [1.54, 1.807) is 37.1 Å². The minimum absolute atomic E-state index is 0.0267. The quantitative estimate of drug-likeness (QED) is 0.475. The Kier molecular flexibility index (Phi) is 7.43. The summed E-state index contributed by atoms with van der Waals surface area (Å²) >= 11 is 0. The van der Waals surface area contributed by atoms with Crippen LogP contribution in [0.2, 0.25) is 0 Å². The van der Waals surface area contributed by atoms with Crippen molar-refractivity contribution in [3.8, 4) is 11.5 Å². The van der Waals surface area contributed by atoms with Crippen molar-refractivity contribution in [2.75, 3.05) is 20.2 Å². The summed E-state index contributed by atoms with van der Waals surface area (Å²) in [5.74, 6) is -1.22. The van der Waals surface area contributed by atoms with Crippen molar-refractivity contribution in [2.45, 2.75) is 53.1 Å². The number of aromatic carboxylic acids is 1. The Morgan fingerprint density at radius 3 is 2.39 bits per heavy atom. The number of carbonyl (C=O) groups excluding carboxylic acids is 2. The monoisotopic (exact) mass is 495 g/mol. The van der Waals surface area contributed by atoms with Crippen LogP contribution >= 0.6 is 0 Å². The predicted molar refractivity (Wildman–Crippen MR) is 135 cm³/mol. The lowest BCUT2D eigenvalue weighted by Gasteiger charge is -2.25. The van der Waals surface area contributed by atoms with Crippen LogP contribution in [0.1, 0.15) is 77.6 Å². The average Bonchev–Trinajstić information content (AvgIpc) is 3.07.